The van der Waals surface area contributed by atoms with Crippen LogP contribution in [0.2, 0.25) is 0 Å². The molecule has 17 heavy (non-hydrogen) atoms. The topological polar surface area (TPSA) is 61.2 Å². The third-order valence-electron chi connectivity index (χ3n) is 2.27. The first-order chi connectivity index (χ1) is 8.43. The first-order valence-electron chi connectivity index (χ1n) is 6.05. The summed E-state index contributed by atoms with van der Waals surface area (Å²) in [6, 6.07) is 0. The van der Waals surface area contributed by atoms with Gasteiger partial charge in [0.15, 0.2) is 0 Å². The lowest BCUT2D eigenvalue weighted by Crippen LogP contribution is -2.22. The van der Waals surface area contributed by atoms with Crippen molar-refractivity contribution in [2.75, 3.05) is 40.0 Å². The standard InChI is InChI=1S/C11H22N4O2/c1-16-9-3-10-17-11-6-12-4-2-7-15-8-5-13-14-15/h5,8,12H,2-4,6-7,9-11H2,1H3. The van der Waals surface area contributed by atoms with Gasteiger partial charge < -0.3 is 14.8 Å². The van der Waals surface area contributed by atoms with Gasteiger partial charge in [-0.1, -0.05) is 5.21 Å². The number of hydrogen-bond acceptors (Lipinski definition) is 5. The molecule has 1 N–H and O–H groups in total. The second-order valence-electron chi connectivity index (χ2n) is 3.73. The number of rotatable bonds is 11. The van der Waals surface area contributed by atoms with Gasteiger partial charge in [-0.05, 0) is 19.4 Å². The van der Waals surface area contributed by atoms with E-state index >= 15 is 0 Å². The molecule has 0 aromatic carbocycles. The zero-order valence-corrected chi connectivity index (χ0v) is 10.5. The highest BCUT2D eigenvalue weighted by molar-refractivity contribution is 4.63. The predicted molar refractivity (Wildman–Crippen MR) is 64.8 cm³/mol. The highest BCUT2D eigenvalue weighted by Crippen LogP contribution is 1.86. The number of ether oxygens (including phenoxy) is 2. The summed E-state index contributed by atoms with van der Waals surface area (Å²) in [6.45, 7) is 5.07. The average molecular weight is 242 g/mol. The molecule has 1 aromatic heterocycles. The molecule has 0 aliphatic rings. The van der Waals surface area contributed by atoms with E-state index in [-0.39, 0.29) is 0 Å². The van der Waals surface area contributed by atoms with Crippen molar-refractivity contribution < 1.29 is 9.47 Å². The molecule has 0 unspecified atom stereocenters. The molecular formula is C11H22N4O2. The summed E-state index contributed by atoms with van der Waals surface area (Å²) in [5, 5.41) is 11.0. The van der Waals surface area contributed by atoms with Crippen LogP contribution in [0.3, 0.4) is 0 Å². The largest absolute Gasteiger partial charge is 0.385 e. The smallest absolute Gasteiger partial charge is 0.0692 e. The van der Waals surface area contributed by atoms with Crippen LogP contribution in [0.5, 0.6) is 0 Å². The Morgan fingerprint density at radius 1 is 1.18 bits per heavy atom. The van der Waals surface area contributed by atoms with Crippen molar-refractivity contribution in [1.29, 1.82) is 0 Å². The third-order valence-corrected chi connectivity index (χ3v) is 2.27. The maximum atomic E-state index is 5.42. The average Bonchev–Trinajstić information content (AvgIpc) is 2.85. The fourth-order valence-electron chi connectivity index (χ4n) is 1.39. The van der Waals surface area contributed by atoms with E-state index in [9.17, 15) is 0 Å². The van der Waals surface area contributed by atoms with Crippen molar-refractivity contribution in [2.45, 2.75) is 19.4 Å². The summed E-state index contributed by atoms with van der Waals surface area (Å²) >= 11 is 0. The number of hydrogen-bond donors (Lipinski definition) is 1. The van der Waals surface area contributed by atoms with Gasteiger partial charge in [-0.3, -0.25) is 4.68 Å². The first-order valence-corrected chi connectivity index (χ1v) is 6.05. The molecule has 6 heteroatoms. The second-order valence-corrected chi connectivity index (χ2v) is 3.73. The molecule has 0 saturated carbocycles. The van der Waals surface area contributed by atoms with Gasteiger partial charge >= 0.3 is 0 Å². The van der Waals surface area contributed by atoms with Gasteiger partial charge in [-0.25, -0.2) is 0 Å². The molecule has 0 aliphatic carbocycles. The van der Waals surface area contributed by atoms with Crippen molar-refractivity contribution in [3.05, 3.63) is 12.4 Å². The van der Waals surface area contributed by atoms with Gasteiger partial charge in [-0.15, -0.1) is 5.10 Å². The minimum absolute atomic E-state index is 0.757. The van der Waals surface area contributed by atoms with Crippen LogP contribution in [-0.2, 0) is 16.0 Å². The minimum Gasteiger partial charge on any atom is -0.385 e. The molecule has 6 nitrogen and oxygen atoms in total. The van der Waals surface area contributed by atoms with Crippen LogP contribution in [0, 0.1) is 0 Å². The fourth-order valence-corrected chi connectivity index (χ4v) is 1.39. The summed E-state index contributed by atoms with van der Waals surface area (Å²) in [7, 11) is 1.71. The van der Waals surface area contributed by atoms with Gasteiger partial charge in [0, 0.05) is 39.6 Å². The van der Waals surface area contributed by atoms with Crippen LogP contribution in [0.1, 0.15) is 12.8 Å². The van der Waals surface area contributed by atoms with Crippen molar-refractivity contribution in [1.82, 2.24) is 20.3 Å². The summed E-state index contributed by atoms with van der Waals surface area (Å²) < 4.78 is 12.2. The molecule has 1 heterocycles. The summed E-state index contributed by atoms with van der Waals surface area (Å²) in [4.78, 5) is 0. The van der Waals surface area contributed by atoms with E-state index in [0.717, 1.165) is 52.3 Å². The van der Waals surface area contributed by atoms with E-state index < -0.39 is 0 Å². The molecule has 0 saturated heterocycles. The molecule has 0 aliphatic heterocycles. The Labute approximate surface area is 102 Å². The third kappa shape index (κ3) is 7.84. The molecular weight excluding hydrogens is 220 g/mol. The maximum absolute atomic E-state index is 5.42. The lowest BCUT2D eigenvalue weighted by Gasteiger charge is -2.06. The van der Waals surface area contributed by atoms with Crippen LogP contribution in [0.15, 0.2) is 12.4 Å². The number of nitrogens with zero attached hydrogens (tertiary/aromatic N) is 3. The monoisotopic (exact) mass is 242 g/mol. The normalized spacial score (nSPS) is 10.9. The molecule has 1 rings (SSSR count). The van der Waals surface area contributed by atoms with Gasteiger partial charge in [-0.2, -0.15) is 0 Å². The van der Waals surface area contributed by atoms with Gasteiger partial charge in [0.25, 0.3) is 0 Å². The number of aromatic nitrogens is 3. The summed E-state index contributed by atoms with van der Waals surface area (Å²) in [6.07, 6.45) is 5.58. The molecule has 0 fully saturated rings. The second kappa shape index (κ2) is 10.2. The zero-order chi connectivity index (χ0) is 12.2. The van der Waals surface area contributed by atoms with Crippen molar-refractivity contribution in [3.8, 4) is 0 Å². The van der Waals surface area contributed by atoms with E-state index in [2.05, 4.69) is 15.6 Å². The SMILES string of the molecule is COCCCOCCNCCCn1ccnn1. The molecule has 0 radical (unpaired) electrons. The predicted octanol–water partition coefficient (Wildman–Crippen LogP) is 0.311. The first kappa shape index (κ1) is 14.1. The molecule has 0 bridgehead atoms. The number of aryl methyl sites for hydroxylation is 1. The van der Waals surface area contributed by atoms with Crippen LogP contribution in [0.25, 0.3) is 0 Å². The summed E-state index contributed by atoms with van der Waals surface area (Å²) in [5.74, 6) is 0. The van der Waals surface area contributed by atoms with E-state index in [0.29, 0.717) is 0 Å². The Hall–Kier alpha value is -0.980. The van der Waals surface area contributed by atoms with E-state index in [1.54, 1.807) is 13.3 Å². The Morgan fingerprint density at radius 2 is 2.12 bits per heavy atom. The van der Waals surface area contributed by atoms with Crippen molar-refractivity contribution >= 4 is 0 Å². The molecule has 0 spiro atoms. The number of nitrogens with one attached hydrogen (secondary N) is 1. The van der Waals surface area contributed by atoms with Crippen molar-refractivity contribution in [3.63, 3.8) is 0 Å². The van der Waals surface area contributed by atoms with Crippen molar-refractivity contribution in [2.24, 2.45) is 0 Å². The maximum Gasteiger partial charge on any atom is 0.0692 e. The molecule has 0 atom stereocenters. The minimum atomic E-state index is 0.757. The van der Waals surface area contributed by atoms with Gasteiger partial charge in [0.1, 0.15) is 0 Å². The quantitative estimate of drug-likeness (QED) is 0.566. The van der Waals surface area contributed by atoms with Crippen LogP contribution >= 0.6 is 0 Å². The Kier molecular flexibility index (Phi) is 8.44. The Bertz CT molecular complexity index is 254. The molecule has 98 valence electrons. The van der Waals surface area contributed by atoms with Crippen LogP contribution in [0.4, 0.5) is 0 Å². The molecule has 0 amide bonds. The molecule has 1 aromatic rings. The Balaban J connectivity index is 1.76. The van der Waals surface area contributed by atoms with Crippen LogP contribution in [-0.4, -0.2) is 55.0 Å². The van der Waals surface area contributed by atoms with E-state index in [1.807, 2.05) is 10.9 Å². The number of methoxy groups -OCH3 is 1. The highest BCUT2D eigenvalue weighted by Gasteiger charge is 1.92. The zero-order valence-electron chi connectivity index (χ0n) is 10.5. The Morgan fingerprint density at radius 3 is 2.88 bits per heavy atom. The summed E-state index contributed by atoms with van der Waals surface area (Å²) in [5.41, 5.74) is 0. The van der Waals surface area contributed by atoms with Crippen LogP contribution < -0.4 is 5.32 Å². The van der Waals surface area contributed by atoms with Gasteiger partial charge in [0.05, 0.1) is 12.8 Å². The van der Waals surface area contributed by atoms with Gasteiger partial charge in [0.2, 0.25) is 0 Å². The highest BCUT2D eigenvalue weighted by atomic mass is 16.5. The van der Waals surface area contributed by atoms with E-state index in [1.165, 1.54) is 0 Å². The fraction of sp³-hybridized carbons (Fsp3) is 0.818. The van der Waals surface area contributed by atoms with E-state index in [4.69, 9.17) is 9.47 Å². The lowest BCUT2D eigenvalue weighted by atomic mass is 10.4. The lowest BCUT2D eigenvalue weighted by molar-refractivity contribution is 0.104.